The third kappa shape index (κ3) is 7.23. The smallest absolute Gasteiger partial charge is 0.305 e. The summed E-state index contributed by atoms with van der Waals surface area (Å²) in [5, 5.41) is 11.4. The van der Waals surface area contributed by atoms with Crippen LogP contribution in [0.4, 0.5) is 0 Å². The van der Waals surface area contributed by atoms with Gasteiger partial charge in [0.2, 0.25) is 5.91 Å². The van der Waals surface area contributed by atoms with Crippen molar-refractivity contribution in [1.82, 2.24) is 5.32 Å². The van der Waals surface area contributed by atoms with Crippen LogP contribution in [0, 0.1) is 5.92 Å². The molecule has 0 radical (unpaired) electrons. The van der Waals surface area contributed by atoms with Crippen LogP contribution >= 0.6 is 0 Å². The normalized spacial score (nSPS) is 14.2. The molecule has 0 aliphatic carbocycles. The lowest BCUT2D eigenvalue weighted by molar-refractivity contribution is -0.137. The van der Waals surface area contributed by atoms with Gasteiger partial charge in [-0.1, -0.05) is 20.3 Å². The summed E-state index contributed by atoms with van der Waals surface area (Å²) in [6, 6.07) is -0.264. The molecule has 0 aliphatic heterocycles. The average molecular weight is 230 g/mol. The first-order chi connectivity index (χ1) is 7.49. The molecule has 5 heteroatoms. The van der Waals surface area contributed by atoms with Crippen molar-refractivity contribution < 1.29 is 14.7 Å². The molecular weight excluding hydrogens is 208 g/mol. The van der Waals surface area contributed by atoms with E-state index in [1.54, 1.807) is 0 Å². The number of carboxylic acid groups (broad SMARTS) is 1. The minimum absolute atomic E-state index is 0.0173. The van der Waals surface area contributed by atoms with Gasteiger partial charge in [-0.3, -0.25) is 9.59 Å². The number of aliphatic carboxylic acids is 1. The molecule has 0 aliphatic rings. The van der Waals surface area contributed by atoms with E-state index in [4.69, 9.17) is 10.8 Å². The Morgan fingerprint density at radius 3 is 2.44 bits per heavy atom. The van der Waals surface area contributed by atoms with Gasteiger partial charge in [-0.05, 0) is 18.9 Å². The van der Waals surface area contributed by atoms with Crippen molar-refractivity contribution in [2.24, 2.45) is 11.7 Å². The molecule has 1 amide bonds. The summed E-state index contributed by atoms with van der Waals surface area (Å²) in [5.41, 5.74) is 5.42. The molecule has 0 aromatic rings. The highest BCUT2D eigenvalue weighted by Gasteiger charge is 2.16. The summed E-state index contributed by atoms with van der Waals surface area (Å²) in [6.07, 6.45) is 1.88. The predicted octanol–water partition coefficient (Wildman–Crippen LogP) is 0.731. The molecule has 4 N–H and O–H groups in total. The third-order valence-electron chi connectivity index (χ3n) is 2.36. The van der Waals surface area contributed by atoms with Crippen molar-refractivity contribution in [3.8, 4) is 0 Å². The fourth-order valence-electron chi connectivity index (χ4n) is 1.47. The van der Waals surface area contributed by atoms with E-state index < -0.39 is 5.97 Å². The highest BCUT2D eigenvalue weighted by molar-refractivity contribution is 5.77. The van der Waals surface area contributed by atoms with Crippen LogP contribution in [0.3, 0.4) is 0 Å². The second-order valence-electron chi connectivity index (χ2n) is 4.20. The Labute approximate surface area is 96.4 Å². The largest absolute Gasteiger partial charge is 0.481 e. The Morgan fingerprint density at radius 2 is 2.00 bits per heavy atom. The molecule has 2 unspecified atom stereocenters. The minimum Gasteiger partial charge on any atom is -0.481 e. The number of carbonyl (C=O) groups excluding carboxylic acids is 1. The van der Waals surface area contributed by atoms with Crippen molar-refractivity contribution in [1.29, 1.82) is 0 Å². The van der Waals surface area contributed by atoms with Crippen LogP contribution in [0.15, 0.2) is 0 Å². The molecule has 16 heavy (non-hydrogen) atoms. The highest BCUT2D eigenvalue weighted by atomic mass is 16.4. The summed E-state index contributed by atoms with van der Waals surface area (Å²) < 4.78 is 0. The molecule has 94 valence electrons. The molecule has 0 aromatic carbocycles. The van der Waals surface area contributed by atoms with Gasteiger partial charge in [0.1, 0.15) is 0 Å². The molecule has 0 rings (SSSR count). The van der Waals surface area contributed by atoms with E-state index in [9.17, 15) is 9.59 Å². The number of hydrogen-bond donors (Lipinski definition) is 3. The molecule has 0 saturated carbocycles. The fourth-order valence-corrected chi connectivity index (χ4v) is 1.47. The zero-order valence-corrected chi connectivity index (χ0v) is 10.0. The highest BCUT2D eigenvalue weighted by Crippen LogP contribution is 2.04. The summed E-state index contributed by atoms with van der Waals surface area (Å²) in [4.78, 5) is 22.1. The van der Waals surface area contributed by atoms with Crippen molar-refractivity contribution >= 4 is 11.9 Å². The van der Waals surface area contributed by atoms with Gasteiger partial charge < -0.3 is 16.2 Å². The minimum atomic E-state index is -0.884. The van der Waals surface area contributed by atoms with Crippen LogP contribution in [0.1, 0.15) is 39.5 Å². The van der Waals surface area contributed by atoms with E-state index in [2.05, 4.69) is 5.32 Å². The molecule has 0 spiro atoms. The van der Waals surface area contributed by atoms with Crippen LogP contribution in [-0.2, 0) is 9.59 Å². The Bertz CT molecular complexity index is 231. The predicted molar refractivity (Wildman–Crippen MR) is 61.9 cm³/mol. The van der Waals surface area contributed by atoms with Gasteiger partial charge in [0.15, 0.2) is 0 Å². The summed E-state index contributed by atoms with van der Waals surface area (Å²) in [5.74, 6) is -0.865. The monoisotopic (exact) mass is 230 g/mol. The van der Waals surface area contributed by atoms with Gasteiger partial charge >= 0.3 is 5.97 Å². The van der Waals surface area contributed by atoms with Crippen LogP contribution in [0.2, 0.25) is 0 Å². The van der Waals surface area contributed by atoms with Gasteiger partial charge in [0.05, 0.1) is 6.42 Å². The number of nitrogens with one attached hydrogen (secondary N) is 1. The number of hydrogen-bond acceptors (Lipinski definition) is 3. The van der Waals surface area contributed by atoms with Crippen molar-refractivity contribution in [3.05, 3.63) is 0 Å². The van der Waals surface area contributed by atoms with Gasteiger partial charge in [0.25, 0.3) is 0 Å². The van der Waals surface area contributed by atoms with Crippen LogP contribution < -0.4 is 11.1 Å². The van der Waals surface area contributed by atoms with E-state index in [0.29, 0.717) is 19.4 Å². The molecule has 0 saturated heterocycles. The zero-order chi connectivity index (χ0) is 12.6. The maximum Gasteiger partial charge on any atom is 0.305 e. The maximum atomic E-state index is 11.5. The third-order valence-corrected chi connectivity index (χ3v) is 2.36. The van der Waals surface area contributed by atoms with Crippen LogP contribution in [0.25, 0.3) is 0 Å². The van der Waals surface area contributed by atoms with E-state index in [1.807, 2.05) is 13.8 Å². The second kappa shape index (κ2) is 8.10. The van der Waals surface area contributed by atoms with Crippen molar-refractivity contribution in [2.75, 3.05) is 6.54 Å². The maximum absolute atomic E-state index is 11.5. The van der Waals surface area contributed by atoms with Crippen molar-refractivity contribution in [3.63, 3.8) is 0 Å². The number of rotatable bonds is 8. The van der Waals surface area contributed by atoms with Crippen LogP contribution in [0.5, 0.6) is 0 Å². The Hall–Kier alpha value is -1.10. The van der Waals surface area contributed by atoms with E-state index in [-0.39, 0.29) is 24.3 Å². The quantitative estimate of drug-likeness (QED) is 0.573. The lowest BCUT2D eigenvalue weighted by Gasteiger charge is -2.17. The standard InChI is InChI=1S/C11H22N2O3/c1-3-4-9(6-11(15)16)13-10(14)5-8(2)7-12/h8-9H,3-7,12H2,1-2H3,(H,13,14)(H,15,16). The van der Waals surface area contributed by atoms with E-state index in [1.165, 1.54) is 0 Å². The van der Waals surface area contributed by atoms with Gasteiger partial charge in [-0.15, -0.1) is 0 Å². The zero-order valence-electron chi connectivity index (χ0n) is 10.0. The van der Waals surface area contributed by atoms with Gasteiger partial charge in [-0.25, -0.2) is 0 Å². The lowest BCUT2D eigenvalue weighted by atomic mass is 10.1. The van der Waals surface area contributed by atoms with Crippen LogP contribution in [-0.4, -0.2) is 29.6 Å². The SMILES string of the molecule is CCCC(CC(=O)O)NC(=O)CC(C)CN. The lowest BCUT2D eigenvalue weighted by Crippen LogP contribution is -2.37. The first-order valence-electron chi connectivity index (χ1n) is 5.70. The molecule has 5 nitrogen and oxygen atoms in total. The summed E-state index contributed by atoms with van der Waals surface area (Å²) in [6.45, 7) is 4.32. The molecule has 2 atom stereocenters. The molecule has 0 bridgehead atoms. The fraction of sp³-hybridized carbons (Fsp3) is 0.818. The van der Waals surface area contributed by atoms with Gasteiger partial charge in [-0.2, -0.15) is 0 Å². The number of nitrogens with two attached hydrogens (primary N) is 1. The summed E-state index contributed by atoms with van der Waals surface area (Å²) >= 11 is 0. The molecule has 0 fully saturated rings. The number of carbonyl (C=O) groups is 2. The Kier molecular flexibility index (Phi) is 7.54. The molecular formula is C11H22N2O3. The van der Waals surface area contributed by atoms with Crippen molar-refractivity contribution in [2.45, 2.75) is 45.6 Å². The first-order valence-corrected chi connectivity index (χ1v) is 5.70. The Morgan fingerprint density at radius 1 is 1.38 bits per heavy atom. The Balaban J connectivity index is 4.06. The first kappa shape index (κ1) is 14.9. The van der Waals surface area contributed by atoms with E-state index in [0.717, 1.165) is 6.42 Å². The second-order valence-corrected chi connectivity index (χ2v) is 4.20. The van der Waals surface area contributed by atoms with E-state index >= 15 is 0 Å². The average Bonchev–Trinajstić information content (AvgIpc) is 2.16. The summed E-state index contributed by atoms with van der Waals surface area (Å²) in [7, 11) is 0. The molecule has 0 heterocycles. The topological polar surface area (TPSA) is 92.4 Å². The molecule has 0 aromatic heterocycles. The van der Waals surface area contributed by atoms with Gasteiger partial charge in [0, 0.05) is 12.5 Å². The number of carboxylic acids is 1. The number of amides is 1.